The van der Waals surface area contributed by atoms with Crippen LogP contribution in [0.5, 0.6) is 0 Å². The molecule has 0 unspecified atom stereocenters. The van der Waals surface area contributed by atoms with Crippen molar-refractivity contribution in [2.24, 2.45) is 5.73 Å². The Bertz CT molecular complexity index is 924. The molecule has 1 heterocycles. The molecule has 0 bridgehead atoms. The molecule has 0 aliphatic heterocycles. The fourth-order valence-corrected chi connectivity index (χ4v) is 2.87. The largest absolute Gasteiger partial charge is 0.365 e. The van der Waals surface area contributed by atoms with Gasteiger partial charge < -0.3 is 5.73 Å². The molecular weight excluding hydrogens is 352 g/mol. The molecule has 0 radical (unpaired) electrons. The van der Waals surface area contributed by atoms with E-state index in [0.29, 0.717) is 27.8 Å². The summed E-state index contributed by atoms with van der Waals surface area (Å²) in [6.07, 6.45) is 1.72. The Hall–Kier alpha value is -2.37. The first-order valence-electron chi connectivity index (χ1n) is 7.02. The summed E-state index contributed by atoms with van der Waals surface area (Å²) in [4.78, 5) is 11.5. The van der Waals surface area contributed by atoms with E-state index in [0.717, 1.165) is 5.56 Å². The first-order chi connectivity index (χ1) is 11.5. The van der Waals surface area contributed by atoms with E-state index < -0.39 is 11.7 Å². The molecule has 122 valence electrons. The third-order valence-electron chi connectivity index (χ3n) is 3.52. The van der Waals surface area contributed by atoms with Crippen molar-refractivity contribution in [3.63, 3.8) is 0 Å². The maximum absolute atomic E-state index is 13.9. The lowest BCUT2D eigenvalue weighted by Gasteiger charge is -2.06. The SMILES string of the molecule is NC(=O)c1c(F)cccc1-c1ccn(Cc2ccc(Cl)cc2Cl)n1. The Balaban J connectivity index is 1.94. The van der Waals surface area contributed by atoms with Crippen LogP contribution in [0, 0.1) is 5.82 Å². The smallest absolute Gasteiger partial charge is 0.252 e. The number of carbonyl (C=O) groups is 1. The highest BCUT2D eigenvalue weighted by atomic mass is 35.5. The molecule has 4 nitrogen and oxygen atoms in total. The number of rotatable bonds is 4. The van der Waals surface area contributed by atoms with Crippen LogP contribution in [0.3, 0.4) is 0 Å². The molecule has 2 N–H and O–H groups in total. The van der Waals surface area contributed by atoms with Gasteiger partial charge >= 0.3 is 0 Å². The highest BCUT2D eigenvalue weighted by molar-refractivity contribution is 6.35. The Morgan fingerprint density at radius 3 is 2.71 bits per heavy atom. The number of benzene rings is 2. The zero-order chi connectivity index (χ0) is 17.3. The topological polar surface area (TPSA) is 60.9 Å². The molecule has 0 saturated carbocycles. The normalized spacial score (nSPS) is 10.8. The number of hydrogen-bond donors (Lipinski definition) is 1. The molecule has 7 heteroatoms. The molecule has 24 heavy (non-hydrogen) atoms. The molecule has 0 fully saturated rings. The standard InChI is InChI=1S/C17H12Cl2FN3O/c18-11-5-4-10(13(19)8-11)9-23-7-6-15(22-23)12-2-1-3-14(20)16(12)17(21)24/h1-8H,9H2,(H2,21,24). The minimum Gasteiger partial charge on any atom is -0.365 e. The van der Waals surface area contributed by atoms with Gasteiger partial charge in [0.1, 0.15) is 5.82 Å². The summed E-state index contributed by atoms with van der Waals surface area (Å²) in [5.41, 5.74) is 6.74. The van der Waals surface area contributed by atoms with Crippen LogP contribution in [0.1, 0.15) is 15.9 Å². The lowest BCUT2D eigenvalue weighted by molar-refractivity contribution is 0.0997. The molecule has 0 spiro atoms. The summed E-state index contributed by atoms with van der Waals surface area (Å²) in [7, 11) is 0. The van der Waals surface area contributed by atoms with Gasteiger partial charge in [-0.3, -0.25) is 9.48 Å². The minimum atomic E-state index is -0.835. The number of primary amides is 1. The number of hydrogen-bond acceptors (Lipinski definition) is 2. The van der Waals surface area contributed by atoms with E-state index in [9.17, 15) is 9.18 Å². The predicted molar refractivity (Wildman–Crippen MR) is 91.7 cm³/mol. The maximum Gasteiger partial charge on any atom is 0.252 e. The average Bonchev–Trinajstić information content (AvgIpc) is 2.98. The van der Waals surface area contributed by atoms with Gasteiger partial charge in [-0.05, 0) is 29.8 Å². The molecule has 3 rings (SSSR count). The van der Waals surface area contributed by atoms with Crippen molar-refractivity contribution in [3.05, 3.63) is 75.7 Å². The maximum atomic E-state index is 13.9. The van der Waals surface area contributed by atoms with Gasteiger partial charge in [-0.25, -0.2) is 4.39 Å². The molecule has 1 aromatic heterocycles. The Morgan fingerprint density at radius 1 is 1.21 bits per heavy atom. The van der Waals surface area contributed by atoms with Crippen LogP contribution in [0.25, 0.3) is 11.3 Å². The van der Waals surface area contributed by atoms with Crippen LogP contribution in [-0.2, 0) is 6.54 Å². The lowest BCUT2D eigenvalue weighted by Crippen LogP contribution is -2.14. The van der Waals surface area contributed by atoms with E-state index in [-0.39, 0.29) is 5.56 Å². The third-order valence-corrected chi connectivity index (χ3v) is 4.11. The third kappa shape index (κ3) is 3.27. The van der Waals surface area contributed by atoms with Gasteiger partial charge in [0.25, 0.3) is 5.91 Å². The minimum absolute atomic E-state index is 0.174. The van der Waals surface area contributed by atoms with Crippen LogP contribution in [-0.4, -0.2) is 15.7 Å². The zero-order valence-corrected chi connectivity index (χ0v) is 13.9. The molecule has 3 aromatic rings. The van der Waals surface area contributed by atoms with Gasteiger partial charge in [-0.1, -0.05) is 41.4 Å². The highest BCUT2D eigenvalue weighted by Gasteiger charge is 2.17. The molecule has 0 saturated heterocycles. The fourth-order valence-electron chi connectivity index (χ4n) is 2.41. The van der Waals surface area contributed by atoms with Crippen molar-refractivity contribution in [2.75, 3.05) is 0 Å². The molecule has 2 aromatic carbocycles. The first-order valence-corrected chi connectivity index (χ1v) is 7.77. The van der Waals surface area contributed by atoms with E-state index in [2.05, 4.69) is 5.10 Å². The second kappa shape index (κ2) is 6.63. The number of nitrogens with two attached hydrogens (primary N) is 1. The number of halogens is 3. The summed E-state index contributed by atoms with van der Waals surface area (Å²) in [6.45, 7) is 0.414. The van der Waals surface area contributed by atoms with Crippen molar-refractivity contribution in [1.29, 1.82) is 0 Å². The summed E-state index contributed by atoms with van der Waals surface area (Å²) < 4.78 is 15.5. The van der Waals surface area contributed by atoms with Crippen LogP contribution < -0.4 is 5.73 Å². The molecule has 0 aliphatic carbocycles. The lowest BCUT2D eigenvalue weighted by atomic mass is 10.0. The van der Waals surface area contributed by atoms with Crippen LogP contribution in [0.2, 0.25) is 10.0 Å². The molecular formula is C17H12Cl2FN3O. The van der Waals surface area contributed by atoms with E-state index in [1.54, 1.807) is 35.1 Å². The van der Waals surface area contributed by atoms with E-state index in [4.69, 9.17) is 28.9 Å². The van der Waals surface area contributed by atoms with Crippen LogP contribution >= 0.6 is 23.2 Å². The number of nitrogens with zero attached hydrogens (tertiary/aromatic N) is 2. The summed E-state index contributed by atoms with van der Waals surface area (Å²) in [5, 5.41) is 5.46. The van der Waals surface area contributed by atoms with Gasteiger partial charge in [-0.15, -0.1) is 0 Å². The molecule has 0 aliphatic rings. The van der Waals surface area contributed by atoms with E-state index >= 15 is 0 Å². The zero-order valence-electron chi connectivity index (χ0n) is 12.3. The van der Waals surface area contributed by atoms with Crippen molar-refractivity contribution in [1.82, 2.24) is 9.78 Å². The Morgan fingerprint density at radius 2 is 2.00 bits per heavy atom. The first kappa shape index (κ1) is 16.5. The monoisotopic (exact) mass is 363 g/mol. The number of amides is 1. The van der Waals surface area contributed by atoms with Crippen LogP contribution in [0.15, 0.2) is 48.7 Å². The fraction of sp³-hybridized carbons (Fsp3) is 0.0588. The van der Waals surface area contributed by atoms with Crippen molar-refractivity contribution < 1.29 is 9.18 Å². The van der Waals surface area contributed by atoms with Crippen LogP contribution in [0.4, 0.5) is 4.39 Å². The van der Waals surface area contributed by atoms with Crippen molar-refractivity contribution in [3.8, 4) is 11.3 Å². The summed E-state index contributed by atoms with van der Waals surface area (Å²) in [5.74, 6) is -1.51. The van der Waals surface area contributed by atoms with Gasteiger partial charge in [0, 0.05) is 21.8 Å². The summed E-state index contributed by atoms with van der Waals surface area (Å²) >= 11 is 12.0. The number of carbonyl (C=O) groups excluding carboxylic acids is 1. The molecule has 1 amide bonds. The second-order valence-corrected chi connectivity index (χ2v) is 6.00. The Labute approximate surface area is 147 Å². The predicted octanol–water partition coefficient (Wildman–Crippen LogP) is 4.14. The molecule has 0 atom stereocenters. The van der Waals surface area contributed by atoms with E-state index in [1.165, 1.54) is 12.1 Å². The van der Waals surface area contributed by atoms with Crippen molar-refractivity contribution in [2.45, 2.75) is 6.54 Å². The summed E-state index contributed by atoms with van der Waals surface area (Å²) in [6, 6.07) is 11.2. The Kier molecular flexibility index (Phi) is 4.55. The quantitative estimate of drug-likeness (QED) is 0.756. The van der Waals surface area contributed by atoms with Crippen molar-refractivity contribution >= 4 is 29.1 Å². The van der Waals surface area contributed by atoms with Gasteiger partial charge in [0.05, 0.1) is 17.8 Å². The average molecular weight is 364 g/mol. The number of aromatic nitrogens is 2. The van der Waals surface area contributed by atoms with Gasteiger partial charge in [0.2, 0.25) is 0 Å². The highest BCUT2D eigenvalue weighted by Crippen LogP contribution is 2.25. The van der Waals surface area contributed by atoms with Gasteiger partial charge in [0.15, 0.2) is 0 Å². The van der Waals surface area contributed by atoms with Gasteiger partial charge in [-0.2, -0.15) is 5.10 Å². The van der Waals surface area contributed by atoms with E-state index in [1.807, 2.05) is 6.07 Å². The second-order valence-electron chi connectivity index (χ2n) is 5.16.